The van der Waals surface area contributed by atoms with Gasteiger partial charge in [-0.1, -0.05) is 48.0 Å². The molecule has 0 aliphatic carbocycles. The van der Waals surface area contributed by atoms with E-state index in [4.69, 9.17) is 0 Å². The first-order valence-corrected chi connectivity index (χ1v) is 9.99. The van der Waals surface area contributed by atoms with Crippen molar-refractivity contribution in [3.8, 4) is 6.07 Å². The van der Waals surface area contributed by atoms with Crippen LogP contribution in [0.2, 0.25) is 0 Å². The van der Waals surface area contributed by atoms with E-state index >= 15 is 0 Å². The number of sulfonamides is 1. The minimum atomic E-state index is -3.85. The van der Waals surface area contributed by atoms with Gasteiger partial charge >= 0.3 is 0 Å². The highest BCUT2D eigenvalue weighted by molar-refractivity contribution is 7.89. The molecule has 0 spiro atoms. The molecule has 1 atom stereocenters. The number of aryl methyl sites for hydroxylation is 1. The molecule has 0 aliphatic rings. The molecular weight excluding hydrogens is 352 g/mol. The van der Waals surface area contributed by atoms with Gasteiger partial charge in [-0.05, 0) is 36.1 Å². The summed E-state index contributed by atoms with van der Waals surface area (Å²) in [7, 11) is -3.85. The Hall–Kier alpha value is -2.46. The molecular formula is C19H16N2O2S2. The van der Waals surface area contributed by atoms with Crippen molar-refractivity contribution in [1.29, 1.82) is 5.26 Å². The summed E-state index contributed by atoms with van der Waals surface area (Å²) in [5.74, 6) is 0. The van der Waals surface area contributed by atoms with Crippen LogP contribution in [0.25, 0.3) is 0 Å². The van der Waals surface area contributed by atoms with Crippen LogP contribution in [-0.2, 0) is 10.0 Å². The fraction of sp³-hybridized carbons (Fsp3) is 0.105. The van der Waals surface area contributed by atoms with Crippen LogP contribution in [0.5, 0.6) is 0 Å². The maximum atomic E-state index is 12.9. The summed E-state index contributed by atoms with van der Waals surface area (Å²) in [6.45, 7) is 1.98. The third-order valence-corrected chi connectivity index (χ3v) is 6.23. The number of nitrogens with one attached hydrogen (secondary N) is 1. The van der Waals surface area contributed by atoms with Crippen LogP contribution >= 0.6 is 11.3 Å². The second kappa shape index (κ2) is 7.19. The number of rotatable bonds is 5. The standard InChI is InChI=1S/C19H16N2O2S2/c1-14-8-10-15(11-9-14)19(17-6-4-12-24-17)21-25(22,23)18-7-3-2-5-16(18)13-20/h2-12,19,21H,1H3/t19-/m0/s1. The van der Waals surface area contributed by atoms with Crippen molar-refractivity contribution in [2.75, 3.05) is 0 Å². The zero-order chi connectivity index (χ0) is 17.9. The summed E-state index contributed by atoms with van der Waals surface area (Å²) < 4.78 is 28.6. The van der Waals surface area contributed by atoms with Gasteiger partial charge in [0.25, 0.3) is 0 Å². The normalized spacial score (nSPS) is 12.5. The molecule has 0 saturated carbocycles. The van der Waals surface area contributed by atoms with Crippen LogP contribution in [0.4, 0.5) is 0 Å². The number of hydrogen-bond donors (Lipinski definition) is 1. The maximum Gasteiger partial charge on any atom is 0.242 e. The van der Waals surface area contributed by atoms with E-state index in [1.807, 2.05) is 54.8 Å². The highest BCUT2D eigenvalue weighted by Crippen LogP contribution is 2.28. The summed E-state index contributed by atoms with van der Waals surface area (Å²) in [6, 6.07) is 19.2. The van der Waals surface area contributed by atoms with Gasteiger partial charge < -0.3 is 0 Å². The van der Waals surface area contributed by atoms with E-state index in [0.29, 0.717) is 0 Å². The van der Waals surface area contributed by atoms with Crippen LogP contribution in [0, 0.1) is 18.3 Å². The van der Waals surface area contributed by atoms with E-state index in [1.165, 1.54) is 23.5 Å². The highest BCUT2D eigenvalue weighted by Gasteiger charge is 2.25. The highest BCUT2D eigenvalue weighted by atomic mass is 32.2. The van der Waals surface area contributed by atoms with E-state index in [0.717, 1.165) is 16.0 Å². The fourth-order valence-electron chi connectivity index (χ4n) is 2.52. The Morgan fingerprint density at radius 1 is 1.04 bits per heavy atom. The summed E-state index contributed by atoms with van der Waals surface area (Å²) in [5, 5.41) is 11.1. The Morgan fingerprint density at radius 3 is 2.40 bits per heavy atom. The molecule has 25 heavy (non-hydrogen) atoms. The quantitative estimate of drug-likeness (QED) is 0.740. The minimum Gasteiger partial charge on any atom is -0.207 e. The Labute approximate surface area is 151 Å². The predicted octanol–water partition coefficient (Wildman–Crippen LogP) is 4.00. The van der Waals surface area contributed by atoms with Crippen LogP contribution < -0.4 is 4.72 Å². The predicted molar refractivity (Wildman–Crippen MR) is 98.8 cm³/mol. The Kier molecular flexibility index (Phi) is 5.00. The van der Waals surface area contributed by atoms with Gasteiger partial charge in [0.15, 0.2) is 0 Å². The lowest BCUT2D eigenvalue weighted by molar-refractivity contribution is 0.573. The lowest BCUT2D eigenvalue weighted by atomic mass is 10.0. The van der Waals surface area contributed by atoms with Gasteiger partial charge in [-0.25, -0.2) is 8.42 Å². The van der Waals surface area contributed by atoms with Crippen molar-refractivity contribution in [3.05, 3.63) is 87.6 Å². The minimum absolute atomic E-state index is 0.00818. The first kappa shape index (κ1) is 17.4. The molecule has 2 aromatic carbocycles. The molecule has 0 saturated heterocycles. The average molecular weight is 368 g/mol. The van der Waals surface area contributed by atoms with E-state index < -0.39 is 16.1 Å². The fourth-order valence-corrected chi connectivity index (χ4v) is 4.76. The number of hydrogen-bond acceptors (Lipinski definition) is 4. The molecule has 0 unspecified atom stereocenters. The molecule has 126 valence electrons. The second-order valence-electron chi connectivity index (χ2n) is 5.59. The first-order valence-electron chi connectivity index (χ1n) is 7.63. The van der Waals surface area contributed by atoms with Gasteiger partial charge in [0.2, 0.25) is 10.0 Å². The van der Waals surface area contributed by atoms with Gasteiger partial charge in [0, 0.05) is 4.88 Å². The molecule has 3 aromatic rings. The lowest BCUT2D eigenvalue weighted by Gasteiger charge is -2.19. The summed E-state index contributed by atoms with van der Waals surface area (Å²) >= 11 is 1.48. The average Bonchev–Trinajstić information content (AvgIpc) is 3.15. The molecule has 1 aromatic heterocycles. The molecule has 4 nitrogen and oxygen atoms in total. The molecule has 0 fully saturated rings. The third-order valence-electron chi connectivity index (χ3n) is 3.81. The van der Waals surface area contributed by atoms with Crippen molar-refractivity contribution in [2.24, 2.45) is 0 Å². The van der Waals surface area contributed by atoms with Gasteiger partial charge in [-0.2, -0.15) is 9.98 Å². The molecule has 1 heterocycles. The lowest BCUT2D eigenvalue weighted by Crippen LogP contribution is -2.29. The monoisotopic (exact) mass is 368 g/mol. The summed E-state index contributed by atoms with van der Waals surface area (Å²) in [6.07, 6.45) is 0. The molecule has 0 bridgehead atoms. The van der Waals surface area contributed by atoms with Crippen molar-refractivity contribution in [1.82, 2.24) is 4.72 Å². The topological polar surface area (TPSA) is 70.0 Å². The number of thiophene rings is 1. The number of benzene rings is 2. The van der Waals surface area contributed by atoms with E-state index in [2.05, 4.69) is 4.72 Å². The first-order chi connectivity index (χ1) is 12.0. The molecule has 6 heteroatoms. The molecule has 0 aliphatic heterocycles. The third kappa shape index (κ3) is 3.80. The van der Waals surface area contributed by atoms with Gasteiger partial charge in [-0.15, -0.1) is 11.3 Å². The number of nitriles is 1. The van der Waals surface area contributed by atoms with Crippen LogP contribution in [-0.4, -0.2) is 8.42 Å². The van der Waals surface area contributed by atoms with E-state index in [-0.39, 0.29) is 10.5 Å². The zero-order valence-electron chi connectivity index (χ0n) is 13.5. The SMILES string of the molecule is Cc1ccc([C@H](NS(=O)(=O)c2ccccc2C#N)c2cccs2)cc1. The van der Waals surface area contributed by atoms with Gasteiger partial charge in [0.05, 0.1) is 16.5 Å². The Morgan fingerprint density at radius 2 is 1.76 bits per heavy atom. The van der Waals surface area contributed by atoms with Crippen LogP contribution in [0.15, 0.2) is 70.9 Å². The van der Waals surface area contributed by atoms with E-state index in [9.17, 15) is 13.7 Å². The maximum absolute atomic E-state index is 12.9. The van der Waals surface area contributed by atoms with Crippen molar-refractivity contribution in [3.63, 3.8) is 0 Å². The molecule has 0 amide bonds. The molecule has 1 N–H and O–H groups in total. The zero-order valence-corrected chi connectivity index (χ0v) is 15.1. The number of nitrogens with zero attached hydrogens (tertiary/aromatic N) is 1. The van der Waals surface area contributed by atoms with Crippen LogP contribution in [0.1, 0.15) is 27.6 Å². The van der Waals surface area contributed by atoms with Crippen molar-refractivity contribution >= 4 is 21.4 Å². The Bertz CT molecular complexity index is 1000. The summed E-state index contributed by atoms with van der Waals surface area (Å²) in [4.78, 5) is 0.882. The van der Waals surface area contributed by atoms with Gasteiger partial charge in [0.1, 0.15) is 6.07 Å². The summed E-state index contributed by atoms with van der Waals surface area (Å²) in [5.41, 5.74) is 2.08. The smallest absolute Gasteiger partial charge is 0.207 e. The molecule has 0 radical (unpaired) electrons. The molecule has 3 rings (SSSR count). The van der Waals surface area contributed by atoms with Crippen molar-refractivity contribution < 1.29 is 8.42 Å². The Balaban J connectivity index is 2.03. The van der Waals surface area contributed by atoms with Crippen molar-refractivity contribution in [2.45, 2.75) is 17.9 Å². The second-order valence-corrected chi connectivity index (χ2v) is 8.25. The van der Waals surface area contributed by atoms with Gasteiger partial charge in [-0.3, -0.25) is 0 Å². The largest absolute Gasteiger partial charge is 0.242 e. The van der Waals surface area contributed by atoms with E-state index in [1.54, 1.807) is 12.1 Å². The van der Waals surface area contributed by atoms with Crippen LogP contribution in [0.3, 0.4) is 0 Å².